The van der Waals surface area contributed by atoms with E-state index in [-0.39, 0.29) is 17.8 Å². The molecule has 1 aliphatic rings. The van der Waals surface area contributed by atoms with Crippen molar-refractivity contribution in [3.05, 3.63) is 34.9 Å². The molecule has 1 N–H and O–H groups in total. The average molecular weight is 254 g/mol. The zero-order valence-electron chi connectivity index (χ0n) is 9.74. The molecule has 0 saturated carbocycles. The number of ether oxygens (including phenoxy) is 1. The third-order valence-corrected chi connectivity index (χ3v) is 2.99. The maximum atomic E-state index is 12.4. The van der Waals surface area contributed by atoms with Crippen LogP contribution in [-0.4, -0.2) is 24.4 Å². The molecule has 0 aromatic heterocycles. The van der Waals surface area contributed by atoms with Crippen LogP contribution >= 0.6 is 0 Å². The maximum absolute atomic E-state index is 12.4. The van der Waals surface area contributed by atoms with Gasteiger partial charge in [0.15, 0.2) is 0 Å². The Kier molecular flexibility index (Phi) is 3.32. The minimum Gasteiger partial charge on any atom is -0.507 e. The lowest BCUT2D eigenvalue weighted by Gasteiger charge is -2.19. The van der Waals surface area contributed by atoms with E-state index in [2.05, 4.69) is 0 Å². The number of methoxy groups -OCH3 is 1. The summed E-state index contributed by atoms with van der Waals surface area (Å²) in [6.45, 7) is 0. The second-order valence-corrected chi connectivity index (χ2v) is 4.02. The number of fused-ring (bicyclic) bond motifs is 1. The Morgan fingerprint density at radius 2 is 2.11 bits per heavy atom. The van der Waals surface area contributed by atoms with Gasteiger partial charge in [-0.1, -0.05) is 0 Å². The highest BCUT2D eigenvalue weighted by molar-refractivity contribution is 6.04. The summed E-state index contributed by atoms with van der Waals surface area (Å²) < 4.78 is 29.8. The topological polar surface area (TPSA) is 46.5 Å². The summed E-state index contributed by atoms with van der Waals surface area (Å²) in [5.41, 5.74) is 1.02. The largest absolute Gasteiger partial charge is 0.507 e. The number of allylic oxidation sites excluding steroid dienone is 1. The first-order valence-electron chi connectivity index (χ1n) is 5.46. The molecule has 0 unspecified atom stereocenters. The van der Waals surface area contributed by atoms with Crippen molar-refractivity contribution in [1.29, 1.82) is 0 Å². The molecule has 96 valence electrons. The van der Waals surface area contributed by atoms with Crippen molar-refractivity contribution in [3.8, 4) is 5.75 Å². The predicted molar refractivity (Wildman–Crippen MR) is 61.9 cm³/mol. The number of ketones is 1. The Morgan fingerprint density at radius 1 is 1.39 bits per heavy atom. The number of benzene rings is 1. The van der Waals surface area contributed by atoms with Crippen molar-refractivity contribution in [1.82, 2.24) is 0 Å². The number of aliphatic hydroxyl groups is 1. The van der Waals surface area contributed by atoms with Crippen LogP contribution in [0.1, 0.15) is 17.5 Å². The monoisotopic (exact) mass is 254 g/mol. The zero-order valence-corrected chi connectivity index (χ0v) is 9.74. The van der Waals surface area contributed by atoms with Crippen molar-refractivity contribution < 1.29 is 23.4 Å². The molecule has 1 aliphatic carbocycles. The van der Waals surface area contributed by atoms with Crippen LogP contribution in [0.25, 0.3) is 5.76 Å². The number of carbonyl (C=O) groups excluding carboxylic acids is 1. The molecule has 18 heavy (non-hydrogen) atoms. The van der Waals surface area contributed by atoms with Crippen LogP contribution < -0.4 is 4.74 Å². The van der Waals surface area contributed by atoms with Crippen LogP contribution in [0.15, 0.2) is 23.8 Å². The highest BCUT2D eigenvalue weighted by atomic mass is 19.3. The molecule has 1 aromatic rings. The number of alkyl halides is 2. The van der Waals surface area contributed by atoms with Crippen LogP contribution in [0.5, 0.6) is 5.75 Å². The van der Waals surface area contributed by atoms with Crippen LogP contribution in [0.3, 0.4) is 0 Å². The number of halogens is 2. The van der Waals surface area contributed by atoms with E-state index >= 15 is 0 Å². The summed E-state index contributed by atoms with van der Waals surface area (Å²) in [5, 5.41) is 9.89. The third-order valence-electron chi connectivity index (χ3n) is 2.99. The van der Waals surface area contributed by atoms with E-state index in [0.29, 0.717) is 17.7 Å². The van der Waals surface area contributed by atoms with Gasteiger partial charge in [0, 0.05) is 11.1 Å². The number of aliphatic hydroxyl groups excluding tert-OH is 1. The fourth-order valence-electron chi connectivity index (χ4n) is 2.05. The van der Waals surface area contributed by atoms with Crippen LogP contribution in [0.4, 0.5) is 8.78 Å². The molecule has 2 rings (SSSR count). The SMILES string of the molecule is COc1ccc2c(c1)CCC(C(=O)C(F)F)=C2O. The predicted octanol–water partition coefficient (Wildman–Crippen LogP) is 2.74. The van der Waals surface area contributed by atoms with E-state index in [1.54, 1.807) is 18.2 Å². The van der Waals surface area contributed by atoms with Crippen LogP contribution in [0, 0.1) is 0 Å². The summed E-state index contributed by atoms with van der Waals surface area (Å²) in [6, 6.07) is 4.92. The number of rotatable bonds is 3. The highest BCUT2D eigenvalue weighted by Crippen LogP contribution is 2.33. The molecule has 5 heteroatoms. The Balaban J connectivity index is 2.45. The van der Waals surface area contributed by atoms with E-state index < -0.39 is 12.2 Å². The first-order valence-corrected chi connectivity index (χ1v) is 5.46. The molecule has 0 amide bonds. The van der Waals surface area contributed by atoms with Gasteiger partial charge in [0.05, 0.1) is 7.11 Å². The zero-order chi connectivity index (χ0) is 13.3. The molecule has 3 nitrogen and oxygen atoms in total. The van der Waals surface area contributed by atoms with E-state index in [4.69, 9.17) is 4.74 Å². The van der Waals surface area contributed by atoms with E-state index in [9.17, 15) is 18.7 Å². The fourth-order valence-corrected chi connectivity index (χ4v) is 2.05. The molecule has 0 aliphatic heterocycles. The number of carbonyl (C=O) groups is 1. The second kappa shape index (κ2) is 4.76. The smallest absolute Gasteiger partial charge is 0.300 e. The van der Waals surface area contributed by atoms with E-state index in [1.807, 2.05) is 0 Å². The molecule has 0 bridgehead atoms. The molecule has 0 heterocycles. The number of Topliss-reactive ketones (excluding diaryl/α,β-unsaturated/α-hetero) is 1. The summed E-state index contributed by atoms with van der Waals surface area (Å²) in [6.07, 6.45) is -2.53. The van der Waals surface area contributed by atoms with Crippen molar-refractivity contribution in [2.75, 3.05) is 7.11 Å². The van der Waals surface area contributed by atoms with Gasteiger partial charge in [0.1, 0.15) is 11.5 Å². The quantitative estimate of drug-likeness (QED) is 0.902. The van der Waals surface area contributed by atoms with Gasteiger partial charge >= 0.3 is 0 Å². The lowest BCUT2D eigenvalue weighted by atomic mass is 9.88. The van der Waals surface area contributed by atoms with Gasteiger partial charge in [0.25, 0.3) is 6.43 Å². The fraction of sp³-hybridized carbons (Fsp3) is 0.308. The van der Waals surface area contributed by atoms with E-state index in [0.717, 1.165) is 5.56 Å². The number of hydrogen-bond donors (Lipinski definition) is 1. The van der Waals surface area contributed by atoms with Gasteiger partial charge in [-0.15, -0.1) is 0 Å². The minimum absolute atomic E-state index is 0.120. The van der Waals surface area contributed by atoms with Crippen LogP contribution in [-0.2, 0) is 11.2 Å². The second-order valence-electron chi connectivity index (χ2n) is 4.02. The van der Waals surface area contributed by atoms with Gasteiger partial charge in [-0.3, -0.25) is 4.79 Å². The summed E-state index contributed by atoms with van der Waals surface area (Å²) >= 11 is 0. The molecule has 0 atom stereocenters. The first-order chi connectivity index (χ1) is 8.54. The normalized spacial score (nSPS) is 14.7. The van der Waals surface area contributed by atoms with Crippen molar-refractivity contribution in [2.24, 2.45) is 0 Å². The molecule has 0 radical (unpaired) electrons. The van der Waals surface area contributed by atoms with Crippen molar-refractivity contribution in [2.45, 2.75) is 19.3 Å². The Bertz CT molecular complexity index is 521. The summed E-state index contributed by atoms with van der Waals surface area (Å²) in [7, 11) is 1.52. The van der Waals surface area contributed by atoms with Gasteiger partial charge in [-0.2, -0.15) is 0 Å². The third kappa shape index (κ3) is 2.08. The lowest BCUT2D eigenvalue weighted by Crippen LogP contribution is -2.18. The molecule has 0 spiro atoms. The van der Waals surface area contributed by atoms with Gasteiger partial charge in [0.2, 0.25) is 5.78 Å². The Morgan fingerprint density at radius 3 is 2.72 bits per heavy atom. The van der Waals surface area contributed by atoms with Gasteiger partial charge < -0.3 is 9.84 Å². The molecule has 1 aromatic carbocycles. The first kappa shape index (κ1) is 12.5. The average Bonchev–Trinajstić information content (AvgIpc) is 2.37. The van der Waals surface area contributed by atoms with E-state index in [1.165, 1.54) is 7.11 Å². The highest BCUT2D eigenvalue weighted by Gasteiger charge is 2.28. The van der Waals surface area contributed by atoms with Crippen LogP contribution in [0.2, 0.25) is 0 Å². The standard InChI is InChI=1S/C13H12F2O3/c1-18-8-3-5-9-7(6-8)2-4-10(11(9)16)12(17)13(14)15/h3,5-6,13,16H,2,4H2,1H3. The number of aryl methyl sites for hydroxylation is 1. The molecular formula is C13H12F2O3. The molecule has 0 saturated heterocycles. The molecule has 0 fully saturated rings. The molecular weight excluding hydrogens is 242 g/mol. The Hall–Kier alpha value is -1.91. The minimum atomic E-state index is -3.08. The van der Waals surface area contributed by atoms with Crippen molar-refractivity contribution >= 4 is 11.5 Å². The van der Waals surface area contributed by atoms with Gasteiger partial charge in [-0.05, 0) is 36.6 Å². The Labute approximate surface area is 103 Å². The van der Waals surface area contributed by atoms with Gasteiger partial charge in [-0.25, -0.2) is 8.78 Å². The number of hydrogen-bond acceptors (Lipinski definition) is 3. The summed E-state index contributed by atoms with van der Waals surface area (Å²) in [5.74, 6) is -1.01. The summed E-state index contributed by atoms with van der Waals surface area (Å²) in [4.78, 5) is 11.2. The lowest BCUT2D eigenvalue weighted by molar-refractivity contribution is -0.125. The van der Waals surface area contributed by atoms with Crippen molar-refractivity contribution in [3.63, 3.8) is 0 Å². The maximum Gasteiger partial charge on any atom is 0.300 e.